The number of hydrogen-bond acceptors (Lipinski definition) is 7. The molecule has 2 aromatic rings. The molecule has 1 atom stereocenters. The number of piperazine rings is 1. The highest BCUT2D eigenvalue weighted by Crippen LogP contribution is 2.29. The van der Waals surface area contributed by atoms with Gasteiger partial charge in [-0.1, -0.05) is 30.4 Å². The quantitative estimate of drug-likeness (QED) is 0.709. The van der Waals surface area contributed by atoms with Gasteiger partial charge in [-0.2, -0.15) is 0 Å². The molecule has 1 saturated heterocycles. The number of aliphatic hydroxyl groups excluding tert-OH is 1. The van der Waals surface area contributed by atoms with E-state index >= 15 is 0 Å². The molecule has 0 spiro atoms. The molecular weight excluding hydrogens is 362 g/mol. The largest absolute Gasteiger partial charge is 0.491 e. The van der Waals surface area contributed by atoms with Gasteiger partial charge in [-0.15, -0.1) is 0 Å². The number of aromatic nitrogens is 1. The van der Waals surface area contributed by atoms with E-state index < -0.39 is 6.10 Å². The van der Waals surface area contributed by atoms with Gasteiger partial charge >= 0.3 is 0 Å². The van der Waals surface area contributed by atoms with Crippen LogP contribution >= 0.6 is 11.3 Å². The minimum absolute atomic E-state index is 0.279. The number of aliphatic hydroxyl groups is 1. The van der Waals surface area contributed by atoms with Gasteiger partial charge in [0, 0.05) is 38.1 Å². The van der Waals surface area contributed by atoms with Gasteiger partial charge < -0.3 is 19.5 Å². The number of nitrogens with zero attached hydrogens (tertiary/aromatic N) is 3. The molecule has 7 heteroatoms. The van der Waals surface area contributed by atoms with E-state index in [1.807, 2.05) is 24.4 Å². The van der Waals surface area contributed by atoms with Crippen LogP contribution in [0.1, 0.15) is 19.0 Å². The molecule has 27 heavy (non-hydrogen) atoms. The Hall–Kier alpha value is -1.83. The zero-order valence-electron chi connectivity index (χ0n) is 16.1. The van der Waals surface area contributed by atoms with Crippen molar-refractivity contribution in [3.05, 3.63) is 35.3 Å². The zero-order chi connectivity index (χ0) is 19.1. The first kappa shape index (κ1) is 19.9. The van der Waals surface area contributed by atoms with E-state index in [0.717, 1.165) is 56.3 Å². The van der Waals surface area contributed by atoms with Crippen molar-refractivity contribution >= 4 is 17.0 Å². The molecule has 0 saturated carbocycles. The third-order valence-electron chi connectivity index (χ3n) is 4.51. The summed E-state index contributed by atoms with van der Waals surface area (Å²) in [6.07, 6.45) is 0.490. The topological polar surface area (TPSA) is 58.1 Å². The molecule has 0 radical (unpaired) electrons. The summed E-state index contributed by atoms with van der Waals surface area (Å²) >= 11 is 1.47. The number of aryl methyl sites for hydroxylation is 1. The molecule has 1 aromatic heterocycles. The predicted octanol–water partition coefficient (Wildman–Crippen LogP) is 2.80. The molecule has 0 bridgehead atoms. The third kappa shape index (κ3) is 5.82. The summed E-state index contributed by atoms with van der Waals surface area (Å²) in [7, 11) is 0. The van der Waals surface area contributed by atoms with Crippen LogP contribution in [0.5, 0.6) is 10.9 Å². The average molecular weight is 392 g/mol. The van der Waals surface area contributed by atoms with E-state index in [1.165, 1.54) is 11.3 Å². The maximum Gasteiger partial charge on any atom is 0.273 e. The lowest BCUT2D eigenvalue weighted by atomic mass is 10.2. The van der Waals surface area contributed by atoms with E-state index in [0.29, 0.717) is 11.7 Å². The van der Waals surface area contributed by atoms with E-state index in [1.54, 1.807) is 0 Å². The van der Waals surface area contributed by atoms with Crippen molar-refractivity contribution in [1.29, 1.82) is 0 Å². The molecular formula is C20H29N3O3S. The maximum absolute atomic E-state index is 10.3. The monoisotopic (exact) mass is 391 g/mol. The van der Waals surface area contributed by atoms with Crippen LogP contribution in [0.25, 0.3) is 0 Å². The summed E-state index contributed by atoms with van der Waals surface area (Å²) in [5.74, 6) is 0.958. The van der Waals surface area contributed by atoms with Crippen molar-refractivity contribution in [1.82, 2.24) is 9.88 Å². The van der Waals surface area contributed by atoms with Crippen molar-refractivity contribution in [2.24, 2.45) is 0 Å². The minimum Gasteiger partial charge on any atom is -0.491 e. The summed E-state index contributed by atoms with van der Waals surface area (Å²) in [5, 5.41) is 12.8. The van der Waals surface area contributed by atoms with E-state index in [4.69, 9.17) is 9.47 Å². The molecule has 1 fully saturated rings. The summed E-state index contributed by atoms with van der Waals surface area (Å²) in [4.78, 5) is 8.90. The Kier molecular flexibility index (Phi) is 7.32. The van der Waals surface area contributed by atoms with Crippen LogP contribution in [0.3, 0.4) is 0 Å². The SMILES string of the molecule is CCCOc1ccccc1N1CCN(CC(O)COc2nc(C)cs2)CC1. The Morgan fingerprint density at radius 2 is 1.96 bits per heavy atom. The number of β-amino-alcohol motifs (C(OH)–C–C–N with tert-alkyl or cyclic N) is 1. The summed E-state index contributed by atoms with van der Waals surface area (Å²) in [6.45, 7) is 9.36. The first-order chi connectivity index (χ1) is 13.2. The molecule has 2 heterocycles. The summed E-state index contributed by atoms with van der Waals surface area (Å²) in [6, 6.07) is 8.24. The van der Waals surface area contributed by atoms with Gasteiger partial charge in [0.1, 0.15) is 18.5 Å². The number of benzene rings is 1. The lowest BCUT2D eigenvalue weighted by molar-refractivity contribution is 0.0661. The Bertz CT molecular complexity index is 701. The van der Waals surface area contributed by atoms with Gasteiger partial charge in [0.2, 0.25) is 0 Å². The second-order valence-electron chi connectivity index (χ2n) is 6.82. The Morgan fingerprint density at radius 1 is 1.19 bits per heavy atom. The van der Waals surface area contributed by atoms with Crippen molar-refractivity contribution < 1.29 is 14.6 Å². The average Bonchev–Trinajstić information content (AvgIpc) is 3.11. The minimum atomic E-state index is -0.513. The fourth-order valence-corrected chi connectivity index (χ4v) is 3.80. The molecule has 0 aliphatic carbocycles. The summed E-state index contributed by atoms with van der Waals surface area (Å²) < 4.78 is 11.5. The molecule has 0 amide bonds. The Balaban J connectivity index is 1.45. The standard InChI is InChI=1S/C20H29N3O3S/c1-3-12-25-19-7-5-4-6-18(19)23-10-8-22(9-11-23)13-17(24)14-26-20-21-16(2)15-27-20/h4-7,15,17,24H,3,8-14H2,1-2H3. The zero-order valence-corrected chi connectivity index (χ0v) is 17.0. The number of para-hydroxylation sites is 2. The lowest BCUT2D eigenvalue weighted by Crippen LogP contribution is -2.49. The van der Waals surface area contributed by atoms with Crippen LogP contribution in [-0.4, -0.2) is 67.0 Å². The van der Waals surface area contributed by atoms with Gasteiger partial charge in [-0.25, -0.2) is 4.98 Å². The highest BCUT2D eigenvalue weighted by Gasteiger charge is 2.21. The molecule has 1 unspecified atom stereocenters. The number of thiazole rings is 1. The van der Waals surface area contributed by atoms with Gasteiger partial charge in [-0.3, -0.25) is 4.90 Å². The van der Waals surface area contributed by atoms with Crippen LogP contribution in [0, 0.1) is 6.92 Å². The van der Waals surface area contributed by atoms with Crippen LogP contribution in [-0.2, 0) is 0 Å². The van der Waals surface area contributed by atoms with Crippen LogP contribution in [0.15, 0.2) is 29.6 Å². The van der Waals surface area contributed by atoms with E-state index in [2.05, 4.69) is 33.8 Å². The fourth-order valence-electron chi connectivity index (χ4n) is 3.14. The normalized spacial score (nSPS) is 16.3. The van der Waals surface area contributed by atoms with Gasteiger partial charge in [0.05, 0.1) is 18.0 Å². The lowest BCUT2D eigenvalue weighted by Gasteiger charge is -2.37. The first-order valence-electron chi connectivity index (χ1n) is 9.58. The van der Waals surface area contributed by atoms with Crippen molar-refractivity contribution in [2.45, 2.75) is 26.4 Å². The van der Waals surface area contributed by atoms with Crippen LogP contribution in [0.2, 0.25) is 0 Å². The van der Waals surface area contributed by atoms with Crippen molar-refractivity contribution in [3.8, 4) is 10.9 Å². The summed E-state index contributed by atoms with van der Waals surface area (Å²) in [5.41, 5.74) is 2.11. The van der Waals surface area contributed by atoms with Gasteiger partial charge in [-0.05, 0) is 25.5 Å². The van der Waals surface area contributed by atoms with E-state index in [9.17, 15) is 5.11 Å². The van der Waals surface area contributed by atoms with Crippen LogP contribution in [0.4, 0.5) is 5.69 Å². The molecule has 3 rings (SSSR count). The number of anilines is 1. The smallest absolute Gasteiger partial charge is 0.273 e. The third-order valence-corrected chi connectivity index (χ3v) is 5.38. The van der Waals surface area contributed by atoms with Crippen molar-refractivity contribution in [3.63, 3.8) is 0 Å². The van der Waals surface area contributed by atoms with Gasteiger partial charge in [0.25, 0.3) is 5.19 Å². The fraction of sp³-hybridized carbons (Fsp3) is 0.550. The molecule has 1 N–H and O–H groups in total. The van der Waals surface area contributed by atoms with Crippen molar-refractivity contribution in [2.75, 3.05) is 50.8 Å². The van der Waals surface area contributed by atoms with Crippen LogP contribution < -0.4 is 14.4 Å². The maximum atomic E-state index is 10.3. The molecule has 1 aromatic carbocycles. The molecule has 6 nitrogen and oxygen atoms in total. The first-order valence-corrected chi connectivity index (χ1v) is 10.5. The number of ether oxygens (including phenoxy) is 2. The van der Waals surface area contributed by atoms with E-state index in [-0.39, 0.29) is 6.61 Å². The number of rotatable bonds is 9. The Morgan fingerprint density at radius 3 is 2.67 bits per heavy atom. The molecule has 1 aliphatic heterocycles. The van der Waals surface area contributed by atoms with Gasteiger partial charge in [0.15, 0.2) is 0 Å². The number of hydrogen-bond donors (Lipinski definition) is 1. The predicted molar refractivity (Wildman–Crippen MR) is 109 cm³/mol. The second kappa shape index (κ2) is 9.92. The molecule has 1 aliphatic rings. The Labute approximate surface area is 165 Å². The molecule has 148 valence electrons. The highest BCUT2D eigenvalue weighted by atomic mass is 32.1. The highest BCUT2D eigenvalue weighted by molar-refractivity contribution is 7.11. The second-order valence-corrected chi connectivity index (χ2v) is 7.64.